The number of allylic oxidation sites excluding steroid dienone is 9. The molecule has 0 nitrogen and oxygen atoms in total. The predicted octanol–water partition coefficient (Wildman–Crippen LogP) is 7.31. The first-order valence-corrected chi connectivity index (χ1v) is 10.8. The van der Waals surface area contributed by atoms with Crippen LogP contribution in [0.1, 0.15) is 49.8 Å². The fourth-order valence-corrected chi connectivity index (χ4v) is 6.26. The third kappa shape index (κ3) is 2.32. The number of fused-ring (bicyclic) bond motifs is 4. The van der Waals surface area contributed by atoms with Crippen LogP contribution in [0, 0.1) is 23.2 Å². The van der Waals surface area contributed by atoms with Crippen LogP contribution in [-0.2, 0) is 0 Å². The lowest BCUT2D eigenvalue weighted by molar-refractivity contribution is 0.218. The average Bonchev–Trinajstić information content (AvgIpc) is 3.11. The van der Waals surface area contributed by atoms with E-state index in [-0.39, 0.29) is 0 Å². The van der Waals surface area contributed by atoms with E-state index >= 15 is 0 Å². The number of benzene rings is 1. The first-order chi connectivity index (χ1) is 12.5. The standard InChI is InChI=1S/C25H25I/c1-15-7-8-16-5-4-6-19(24(15)16)17-9-11-20-21-12-10-18(26)14-23(21)25(2,3)22(20)13-17/h4-13,15,20,22-23H,14H2,1-3H3. The van der Waals surface area contributed by atoms with Gasteiger partial charge in [-0.1, -0.05) is 87.1 Å². The zero-order valence-electron chi connectivity index (χ0n) is 15.7. The Labute approximate surface area is 170 Å². The number of hydrogen-bond donors (Lipinski definition) is 0. The smallest absolute Gasteiger partial charge is 0.00548 e. The van der Waals surface area contributed by atoms with E-state index in [1.54, 1.807) is 5.57 Å². The normalized spacial score (nSPS) is 33.2. The molecule has 0 amide bonds. The molecule has 0 aromatic heterocycles. The highest BCUT2D eigenvalue weighted by Gasteiger charge is 2.51. The van der Waals surface area contributed by atoms with Gasteiger partial charge in [0.25, 0.3) is 0 Å². The third-order valence-corrected chi connectivity index (χ3v) is 7.90. The molecule has 4 aliphatic rings. The Morgan fingerprint density at radius 1 is 1.08 bits per heavy atom. The van der Waals surface area contributed by atoms with Crippen LogP contribution in [0.25, 0.3) is 11.6 Å². The van der Waals surface area contributed by atoms with E-state index in [4.69, 9.17) is 0 Å². The topological polar surface area (TPSA) is 0 Å². The minimum absolute atomic E-state index is 0.305. The van der Waals surface area contributed by atoms with Crippen LogP contribution in [0.5, 0.6) is 0 Å². The highest BCUT2D eigenvalue weighted by molar-refractivity contribution is 14.1. The van der Waals surface area contributed by atoms with E-state index < -0.39 is 0 Å². The van der Waals surface area contributed by atoms with Gasteiger partial charge in [0.2, 0.25) is 0 Å². The lowest BCUT2D eigenvalue weighted by Crippen LogP contribution is -2.26. The Balaban J connectivity index is 1.59. The molecule has 1 saturated carbocycles. The zero-order valence-corrected chi connectivity index (χ0v) is 17.8. The maximum atomic E-state index is 2.59. The summed E-state index contributed by atoms with van der Waals surface area (Å²) >= 11 is 2.52. The van der Waals surface area contributed by atoms with Crippen molar-refractivity contribution >= 4 is 34.2 Å². The molecule has 0 spiro atoms. The molecule has 4 atom stereocenters. The van der Waals surface area contributed by atoms with Crippen molar-refractivity contribution in [2.24, 2.45) is 23.2 Å². The van der Waals surface area contributed by atoms with Gasteiger partial charge in [-0.2, -0.15) is 0 Å². The Hall–Kier alpha value is -1.35. The van der Waals surface area contributed by atoms with Crippen molar-refractivity contribution in [2.75, 3.05) is 0 Å². The van der Waals surface area contributed by atoms with E-state index in [1.807, 2.05) is 0 Å². The lowest BCUT2D eigenvalue weighted by Gasteiger charge is -2.34. The first kappa shape index (κ1) is 16.8. The van der Waals surface area contributed by atoms with Crippen LogP contribution in [0.15, 0.2) is 63.8 Å². The van der Waals surface area contributed by atoms with Crippen molar-refractivity contribution in [3.05, 3.63) is 80.5 Å². The minimum atomic E-state index is 0.305. The highest BCUT2D eigenvalue weighted by Crippen LogP contribution is 2.60. The Morgan fingerprint density at radius 3 is 2.77 bits per heavy atom. The van der Waals surface area contributed by atoms with E-state index in [9.17, 15) is 0 Å². The van der Waals surface area contributed by atoms with Crippen LogP contribution >= 0.6 is 22.6 Å². The molecule has 0 bridgehead atoms. The Kier molecular flexibility index (Phi) is 3.76. The fourth-order valence-electron chi connectivity index (χ4n) is 5.64. The van der Waals surface area contributed by atoms with Crippen molar-refractivity contribution in [3.63, 3.8) is 0 Å². The molecule has 0 heterocycles. The molecule has 0 saturated heterocycles. The molecule has 1 aromatic rings. The van der Waals surface area contributed by atoms with Crippen molar-refractivity contribution in [2.45, 2.75) is 33.1 Å². The van der Waals surface area contributed by atoms with Crippen LogP contribution in [0.4, 0.5) is 0 Å². The SMILES string of the molecule is CC1C=Cc2cccc(C3=CC4C(C=C3)C3=CC=C(I)CC3C4(C)C)c21. The van der Waals surface area contributed by atoms with Gasteiger partial charge in [-0.3, -0.25) is 0 Å². The van der Waals surface area contributed by atoms with Crippen LogP contribution in [0.3, 0.4) is 0 Å². The summed E-state index contributed by atoms with van der Waals surface area (Å²) in [4.78, 5) is 0. The predicted molar refractivity (Wildman–Crippen MR) is 120 cm³/mol. The third-order valence-electron chi connectivity index (χ3n) is 7.10. The van der Waals surface area contributed by atoms with Gasteiger partial charge in [-0.15, -0.1) is 0 Å². The first-order valence-electron chi connectivity index (χ1n) is 9.74. The maximum absolute atomic E-state index is 2.59. The molecule has 26 heavy (non-hydrogen) atoms. The van der Waals surface area contributed by atoms with Crippen molar-refractivity contribution in [3.8, 4) is 0 Å². The van der Waals surface area contributed by atoms with Crippen molar-refractivity contribution in [1.29, 1.82) is 0 Å². The Morgan fingerprint density at radius 2 is 1.92 bits per heavy atom. The fraction of sp³-hybridized carbons (Fsp3) is 0.360. The molecule has 1 fully saturated rings. The molecule has 0 N–H and O–H groups in total. The molecule has 132 valence electrons. The lowest BCUT2D eigenvalue weighted by atomic mass is 9.70. The van der Waals surface area contributed by atoms with E-state index in [0.29, 0.717) is 29.1 Å². The van der Waals surface area contributed by atoms with Gasteiger partial charge in [-0.25, -0.2) is 0 Å². The molecular weight excluding hydrogens is 427 g/mol. The van der Waals surface area contributed by atoms with Gasteiger partial charge in [0.1, 0.15) is 0 Å². The summed E-state index contributed by atoms with van der Waals surface area (Å²) in [5.74, 6) is 2.36. The summed E-state index contributed by atoms with van der Waals surface area (Å²) in [7, 11) is 0. The van der Waals surface area contributed by atoms with E-state index in [1.165, 1.54) is 32.3 Å². The molecular formula is C25H25I. The van der Waals surface area contributed by atoms with Gasteiger partial charge in [-0.05, 0) is 72.1 Å². The van der Waals surface area contributed by atoms with Crippen LogP contribution < -0.4 is 0 Å². The zero-order chi connectivity index (χ0) is 18.1. The summed E-state index contributed by atoms with van der Waals surface area (Å²) in [5.41, 5.74) is 7.72. The summed E-state index contributed by atoms with van der Waals surface area (Å²) in [6.07, 6.45) is 18.1. The Bertz CT molecular complexity index is 935. The average molecular weight is 452 g/mol. The summed E-state index contributed by atoms with van der Waals surface area (Å²) in [6.45, 7) is 7.28. The van der Waals surface area contributed by atoms with Gasteiger partial charge in [0, 0.05) is 11.8 Å². The molecule has 4 unspecified atom stereocenters. The summed E-state index contributed by atoms with van der Waals surface area (Å²) in [6, 6.07) is 6.78. The number of halogens is 1. The van der Waals surface area contributed by atoms with Gasteiger partial charge in [0.15, 0.2) is 0 Å². The van der Waals surface area contributed by atoms with Crippen LogP contribution in [-0.4, -0.2) is 0 Å². The number of rotatable bonds is 1. The van der Waals surface area contributed by atoms with E-state index in [2.05, 4.69) is 104 Å². The molecule has 5 rings (SSSR count). The summed E-state index contributed by atoms with van der Waals surface area (Å²) in [5, 5.41) is 0. The summed E-state index contributed by atoms with van der Waals surface area (Å²) < 4.78 is 1.50. The maximum Gasteiger partial charge on any atom is 0.00548 e. The van der Waals surface area contributed by atoms with Crippen molar-refractivity contribution < 1.29 is 0 Å². The number of hydrogen-bond acceptors (Lipinski definition) is 0. The second-order valence-electron chi connectivity index (χ2n) is 8.85. The monoisotopic (exact) mass is 452 g/mol. The molecule has 1 aromatic carbocycles. The van der Waals surface area contributed by atoms with Gasteiger partial charge < -0.3 is 0 Å². The second kappa shape index (κ2) is 5.82. The van der Waals surface area contributed by atoms with Gasteiger partial charge >= 0.3 is 0 Å². The van der Waals surface area contributed by atoms with Crippen LogP contribution in [0.2, 0.25) is 0 Å². The molecule has 0 aliphatic heterocycles. The molecule has 0 radical (unpaired) electrons. The minimum Gasteiger partial charge on any atom is -0.0766 e. The van der Waals surface area contributed by atoms with E-state index in [0.717, 1.165) is 0 Å². The molecule has 1 heteroatoms. The highest BCUT2D eigenvalue weighted by atomic mass is 127. The second-order valence-corrected chi connectivity index (χ2v) is 10.2. The van der Waals surface area contributed by atoms with Gasteiger partial charge in [0.05, 0.1) is 0 Å². The molecule has 4 aliphatic carbocycles. The van der Waals surface area contributed by atoms with Crippen molar-refractivity contribution in [1.82, 2.24) is 0 Å². The largest absolute Gasteiger partial charge is 0.0766 e. The quantitative estimate of drug-likeness (QED) is 0.392.